The van der Waals surface area contributed by atoms with Crippen LogP contribution in [-0.2, 0) is 19.3 Å². The van der Waals surface area contributed by atoms with Crippen molar-refractivity contribution in [2.75, 3.05) is 19.0 Å². The van der Waals surface area contributed by atoms with Crippen LogP contribution in [0.1, 0.15) is 69.8 Å². The van der Waals surface area contributed by atoms with Crippen LogP contribution in [-0.4, -0.2) is 44.6 Å². The number of halogens is 2. The molecule has 252 valence electrons. The number of thiophene rings is 1. The molecule has 50 heavy (non-hydrogen) atoms. The third-order valence-corrected chi connectivity index (χ3v) is 11.4. The number of nitrogens with zero attached hydrogens (tertiary/aromatic N) is 4. The van der Waals surface area contributed by atoms with E-state index in [0.29, 0.717) is 46.8 Å². The van der Waals surface area contributed by atoms with Crippen molar-refractivity contribution in [1.29, 1.82) is 0 Å². The van der Waals surface area contributed by atoms with Gasteiger partial charge in [0.15, 0.2) is 0 Å². The van der Waals surface area contributed by atoms with Crippen LogP contribution in [0.15, 0.2) is 63.9 Å². The predicted octanol–water partition coefficient (Wildman–Crippen LogP) is 7.68. The van der Waals surface area contributed by atoms with E-state index in [9.17, 15) is 14.0 Å². The molecule has 0 bridgehead atoms. The van der Waals surface area contributed by atoms with Crippen molar-refractivity contribution in [2.45, 2.75) is 50.6 Å². The maximum absolute atomic E-state index is 14.2. The lowest BCUT2D eigenvalue weighted by Crippen LogP contribution is -2.22. The highest BCUT2D eigenvalue weighted by Gasteiger charge is 2.45. The number of aryl methyl sites for hydroxylation is 2. The van der Waals surface area contributed by atoms with Crippen LogP contribution >= 0.6 is 22.9 Å². The van der Waals surface area contributed by atoms with Gasteiger partial charge in [0.2, 0.25) is 0 Å². The molecule has 1 aliphatic carbocycles. The molecule has 1 amide bonds. The van der Waals surface area contributed by atoms with Gasteiger partial charge in [-0.2, -0.15) is 0 Å². The molecular formula is C37H30ClFN6O4S. The Bertz CT molecular complexity index is 2390. The monoisotopic (exact) mass is 708 g/mol. The second-order valence-corrected chi connectivity index (χ2v) is 14.4. The maximum atomic E-state index is 14.2. The molecule has 0 saturated carbocycles. The summed E-state index contributed by atoms with van der Waals surface area (Å²) in [6, 6.07) is 14.1. The number of aromatic nitrogens is 4. The molecule has 10 nitrogen and oxygen atoms in total. The lowest BCUT2D eigenvalue weighted by molar-refractivity contribution is 0.0776. The van der Waals surface area contributed by atoms with Gasteiger partial charge < -0.3 is 19.4 Å². The normalized spacial score (nSPS) is 17.7. The number of carbonyl (C=O) groups is 1. The fourth-order valence-corrected chi connectivity index (χ4v) is 9.18. The van der Waals surface area contributed by atoms with E-state index >= 15 is 0 Å². The lowest BCUT2D eigenvalue weighted by atomic mass is 9.93. The zero-order valence-electron chi connectivity index (χ0n) is 26.9. The largest absolute Gasteiger partial charge is 0.496 e. The number of rotatable bonds is 8. The number of hydrogen-bond acceptors (Lipinski definition) is 9. The van der Waals surface area contributed by atoms with Crippen LogP contribution in [0.2, 0.25) is 5.02 Å². The van der Waals surface area contributed by atoms with Crippen molar-refractivity contribution in [3.63, 3.8) is 0 Å². The molecule has 2 N–H and O–H groups in total. The molecular weight excluding hydrogens is 679 g/mol. The van der Waals surface area contributed by atoms with Gasteiger partial charge in [-0.1, -0.05) is 23.7 Å². The van der Waals surface area contributed by atoms with Gasteiger partial charge in [0.25, 0.3) is 11.8 Å². The molecule has 1 saturated heterocycles. The van der Waals surface area contributed by atoms with Gasteiger partial charge in [0.05, 0.1) is 46.4 Å². The third-order valence-electron chi connectivity index (χ3n) is 10.0. The second-order valence-electron chi connectivity index (χ2n) is 12.9. The summed E-state index contributed by atoms with van der Waals surface area (Å²) in [6.07, 6.45) is 6.20. The highest BCUT2D eigenvalue weighted by Crippen LogP contribution is 2.50. The van der Waals surface area contributed by atoms with Gasteiger partial charge in [0, 0.05) is 28.2 Å². The number of hydrogen-bond donors (Lipinski definition) is 2. The molecule has 0 radical (unpaired) electrons. The number of methoxy groups -OCH3 is 1. The van der Waals surface area contributed by atoms with Crippen molar-refractivity contribution in [1.82, 2.24) is 25.1 Å². The van der Waals surface area contributed by atoms with Gasteiger partial charge >= 0.3 is 5.76 Å². The average Bonchev–Trinajstić information content (AvgIpc) is 3.95. The first kappa shape index (κ1) is 30.9. The summed E-state index contributed by atoms with van der Waals surface area (Å²) in [7, 11) is 1.66. The van der Waals surface area contributed by atoms with E-state index in [4.69, 9.17) is 30.7 Å². The zero-order chi connectivity index (χ0) is 34.1. The number of amides is 1. The van der Waals surface area contributed by atoms with E-state index in [-0.39, 0.29) is 29.7 Å². The average molecular weight is 709 g/mol. The maximum Gasteiger partial charge on any atom is 0.434 e. The molecule has 0 unspecified atom stereocenters. The zero-order valence-corrected chi connectivity index (χ0v) is 28.5. The standard InChI is InChI=1S/C37H30ClFN6O4S/c1-48-27-17-20(38)16-23-22(27)9-11-24(23)42-34-33-19(12-13-40-34)15-28(50-33)30-29(35-43-44-37(47)49-35)25(10-6-18-4-7-21(39)8-5-18)41-32-26-3-2-14-45(26)36(46)31(30)32/h4-5,7-8,12-13,15-17,24,26H,2-3,6,9-11,14H2,1H3,(H,40,42)(H,44,47)/t24-,26-/m1/s1. The first-order chi connectivity index (χ1) is 24.4. The highest BCUT2D eigenvalue weighted by molar-refractivity contribution is 7.23. The molecule has 2 atom stereocenters. The van der Waals surface area contributed by atoms with Crippen LogP contribution in [0.5, 0.6) is 5.75 Å². The van der Waals surface area contributed by atoms with Crippen molar-refractivity contribution in [3.8, 4) is 27.6 Å². The Morgan fingerprint density at radius 2 is 1.96 bits per heavy atom. The molecule has 2 aromatic carbocycles. The van der Waals surface area contributed by atoms with Crippen LogP contribution in [0.25, 0.3) is 32.0 Å². The summed E-state index contributed by atoms with van der Waals surface area (Å²) in [5.74, 6) is 0.472. The van der Waals surface area contributed by atoms with Crippen LogP contribution in [0, 0.1) is 5.82 Å². The topological polar surface area (TPSA) is 126 Å². The van der Waals surface area contributed by atoms with E-state index in [1.165, 1.54) is 23.5 Å². The Balaban J connectivity index is 1.20. The Kier molecular flexibility index (Phi) is 7.47. The minimum Gasteiger partial charge on any atom is -0.496 e. The van der Waals surface area contributed by atoms with E-state index in [2.05, 4.69) is 21.6 Å². The van der Waals surface area contributed by atoms with Crippen LogP contribution in [0.4, 0.5) is 10.2 Å². The van der Waals surface area contributed by atoms with Crippen molar-refractivity contribution < 1.29 is 18.3 Å². The molecule has 9 rings (SSSR count). The molecule has 2 aliphatic heterocycles. The third kappa shape index (κ3) is 5.08. The minimum absolute atomic E-state index is 0.0212. The number of fused-ring (bicyclic) bond motifs is 5. The van der Waals surface area contributed by atoms with Crippen LogP contribution < -0.4 is 15.8 Å². The molecule has 6 heterocycles. The molecule has 3 aliphatic rings. The number of anilines is 1. The lowest BCUT2D eigenvalue weighted by Gasteiger charge is -2.17. The van der Waals surface area contributed by atoms with Crippen molar-refractivity contribution in [3.05, 3.63) is 110 Å². The first-order valence-electron chi connectivity index (χ1n) is 16.6. The van der Waals surface area contributed by atoms with Gasteiger partial charge in [-0.25, -0.2) is 19.3 Å². The highest BCUT2D eigenvalue weighted by atomic mass is 35.5. The quantitative estimate of drug-likeness (QED) is 0.165. The fourth-order valence-electron chi connectivity index (χ4n) is 7.80. The number of pyridine rings is 2. The number of carbonyl (C=O) groups excluding carboxylic acids is 1. The Morgan fingerprint density at radius 1 is 1.10 bits per heavy atom. The number of ether oxygens (including phenoxy) is 1. The van der Waals surface area contributed by atoms with E-state index in [1.807, 2.05) is 23.1 Å². The number of aromatic amines is 1. The summed E-state index contributed by atoms with van der Waals surface area (Å²) in [4.78, 5) is 39.1. The summed E-state index contributed by atoms with van der Waals surface area (Å²) < 4.78 is 25.9. The summed E-state index contributed by atoms with van der Waals surface area (Å²) in [6.45, 7) is 0.652. The summed E-state index contributed by atoms with van der Waals surface area (Å²) >= 11 is 7.99. The molecule has 6 aromatic rings. The minimum atomic E-state index is -0.705. The first-order valence-corrected chi connectivity index (χ1v) is 17.8. The predicted molar refractivity (Wildman–Crippen MR) is 188 cm³/mol. The van der Waals surface area contributed by atoms with E-state index in [0.717, 1.165) is 74.6 Å². The Hall–Kier alpha value is -5.07. The van der Waals surface area contributed by atoms with E-state index < -0.39 is 5.76 Å². The molecule has 13 heteroatoms. The summed E-state index contributed by atoms with van der Waals surface area (Å²) in [5.41, 5.74) is 6.21. The van der Waals surface area contributed by atoms with E-state index in [1.54, 1.807) is 25.4 Å². The van der Waals surface area contributed by atoms with Gasteiger partial charge in [0.1, 0.15) is 17.4 Å². The SMILES string of the molecule is COc1cc(Cl)cc2c1CC[C@H]2Nc1nccc2cc(-c3c4c(nc(CCc5ccc(F)cc5)c3-c3n[nH]c(=O)o3)[C@H]3CCCN3C4=O)sc12. The summed E-state index contributed by atoms with van der Waals surface area (Å²) in [5, 5.41) is 11.9. The van der Waals surface area contributed by atoms with Crippen molar-refractivity contribution >= 4 is 44.7 Å². The second kappa shape index (κ2) is 12.1. The number of H-pyrrole nitrogens is 1. The smallest absolute Gasteiger partial charge is 0.434 e. The number of nitrogens with one attached hydrogen (secondary N) is 2. The van der Waals surface area contributed by atoms with Gasteiger partial charge in [-0.3, -0.25) is 9.78 Å². The van der Waals surface area contributed by atoms with Crippen LogP contribution in [0.3, 0.4) is 0 Å². The Morgan fingerprint density at radius 3 is 2.76 bits per heavy atom. The van der Waals surface area contributed by atoms with Gasteiger partial charge in [-0.05, 0) is 97.0 Å². The fraction of sp³-hybridized carbons (Fsp3) is 0.270. The molecule has 0 spiro atoms. The molecule has 1 fully saturated rings. The molecule has 4 aromatic heterocycles. The van der Waals surface area contributed by atoms with Crippen molar-refractivity contribution in [2.24, 2.45) is 0 Å². The van der Waals surface area contributed by atoms with Gasteiger partial charge in [-0.15, -0.1) is 16.4 Å². The number of benzene rings is 2. The Labute approximate surface area is 294 Å².